The highest BCUT2D eigenvalue weighted by atomic mass is 16.4. The van der Waals surface area contributed by atoms with Crippen LogP contribution in [0.3, 0.4) is 0 Å². The molecule has 92 valence electrons. The average Bonchev–Trinajstić information content (AvgIpc) is 2.38. The van der Waals surface area contributed by atoms with Gasteiger partial charge in [0.2, 0.25) is 0 Å². The van der Waals surface area contributed by atoms with Crippen LogP contribution in [-0.2, 0) is 4.79 Å². The fourth-order valence-corrected chi connectivity index (χ4v) is 2.02. The van der Waals surface area contributed by atoms with Gasteiger partial charge in [0, 0.05) is 24.5 Å². The first-order valence-electron chi connectivity index (χ1n) is 5.71. The molecule has 0 aliphatic rings. The number of carboxylic acids is 1. The lowest BCUT2D eigenvalue weighted by atomic mass is 9.89. The van der Waals surface area contributed by atoms with Gasteiger partial charge in [0.1, 0.15) is 0 Å². The Bertz CT molecular complexity index is 541. The van der Waals surface area contributed by atoms with E-state index in [-0.39, 0.29) is 12.3 Å². The van der Waals surface area contributed by atoms with Crippen LogP contribution in [-0.4, -0.2) is 21.0 Å². The minimum absolute atomic E-state index is 0.0174. The van der Waals surface area contributed by atoms with Gasteiger partial charge in [-0.15, -0.1) is 0 Å². The lowest BCUT2D eigenvalue weighted by Gasteiger charge is -2.16. The first-order valence-corrected chi connectivity index (χ1v) is 5.71. The summed E-state index contributed by atoms with van der Waals surface area (Å²) in [5, 5.41) is 9.05. The van der Waals surface area contributed by atoms with Gasteiger partial charge in [0.05, 0.1) is 12.1 Å². The molecule has 1 atom stereocenters. The predicted octanol–water partition coefficient (Wildman–Crippen LogP) is 2.39. The number of aliphatic carboxylic acids is 1. The third-order valence-electron chi connectivity index (χ3n) is 2.88. The summed E-state index contributed by atoms with van der Waals surface area (Å²) >= 11 is 0. The van der Waals surface area contributed by atoms with Crippen LogP contribution in [0, 0.1) is 6.92 Å². The molecule has 1 N–H and O–H groups in total. The van der Waals surface area contributed by atoms with E-state index in [4.69, 9.17) is 5.11 Å². The van der Waals surface area contributed by atoms with E-state index >= 15 is 0 Å². The van der Waals surface area contributed by atoms with Gasteiger partial charge < -0.3 is 5.11 Å². The van der Waals surface area contributed by atoms with Crippen LogP contribution in [0.2, 0.25) is 0 Å². The van der Waals surface area contributed by atoms with Crippen molar-refractivity contribution in [1.29, 1.82) is 0 Å². The summed E-state index contributed by atoms with van der Waals surface area (Å²) in [7, 11) is 0. The molecule has 18 heavy (non-hydrogen) atoms. The first kappa shape index (κ1) is 12.2. The minimum atomic E-state index is -0.839. The van der Waals surface area contributed by atoms with Gasteiger partial charge in [0.25, 0.3) is 0 Å². The summed E-state index contributed by atoms with van der Waals surface area (Å²) in [5.74, 6) is -1.09. The van der Waals surface area contributed by atoms with Gasteiger partial charge in [-0.1, -0.05) is 24.3 Å². The van der Waals surface area contributed by atoms with Crippen molar-refractivity contribution < 1.29 is 9.90 Å². The Labute approximate surface area is 105 Å². The maximum atomic E-state index is 11.0. The number of aryl methyl sites for hydroxylation is 1. The Balaban J connectivity index is 2.44. The summed E-state index contributed by atoms with van der Waals surface area (Å²) in [6, 6.07) is 7.76. The van der Waals surface area contributed by atoms with Crippen molar-refractivity contribution >= 4 is 5.97 Å². The maximum absolute atomic E-state index is 11.0. The van der Waals surface area contributed by atoms with Crippen LogP contribution in [0.5, 0.6) is 0 Å². The lowest BCUT2D eigenvalue weighted by Crippen LogP contribution is -2.11. The van der Waals surface area contributed by atoms with E-state index in [9.17, 15) is 4.79 Å². The number of benzene rings is 1. The zero-order chi connectivity index (χ0) is 13.0. The monoisotopic (exact) mass is 242 g/mol. The van der Waals surface area contributed by atoms with E-state index in [2.05, 4.69) is 9.97 Å². The summed E-state index contributed by atoms with van der Waals surface area (Å²) in [5.41, 5.74) is 2.74. The number of carboxylic acid groups (broad SMARTS) is 1. The molecule has 1 aromatic heterocycles. The fraction of sp³-hybridized carbons (Fsp3) is 0.214. The van der Waals surface area contributed by atoms with Crippen molar-refractivity contribution in [2.45, 2.75) is 19.3 Å². The average molecular weight is 242 g/mol. The Morgan fingerprint density at radius 3 is 2.72 bits per heavy atom. The quantitative estimate of drug-likeness (QED) is 0.894. The zero-order valence-electron chi connectivity index (χ0n) is 10.1. The zero-order valence-corrected chi connectivity index (χ0v) is 10.1. The summed E-state index contributed by atoms with van der Waals surface area (Å²) in [4.78, 5) is 19.3. The second-order valence-corrected chi connectivity index (χ2v) is 4.14. The van der Waals surface area contributed by atoms with Crippen molar-refractivity contribution in [1.82, 2.24) is 9.97 Å². The van der Waals surface area contributed by atoms with E-state index in [0.29, 0.717) is 5.69 Å². The minimum Gasteiger partial charge on any atom is -0.481 e. The van der Waals surface area contributed by atoms with Gasteiger partial charge in [-0.2, -0.15) is 0 Å². The molecular formula is C14H14N2O2. The number of carbonyl (C=O) groups is 1. The van der Waals surface area contributed by atoms with Gasteiger partial charge in [0.15, 0.2) is 0 Å². The third-order valence-corrected chi connectivity index (χ3v) is 2.88. The highest BCUT2D eigenvalue weighted by Gasteiger charge is 2.20. The largest absolute Gasteiger partial charge is 0.481 e. The molecule has 0 radical (unpaired) electrons. The summed E-state index contributed by atoms with van der Waals surface area (Å²) in [6.45, 7) is 1.97. The Hall–Kier alpha value is -2.23. The molecule has 0 amide bonds. The molecule has 0 saturated carbocycles. The molecule has 2 aromatic rings. The summed E-state index contributed by atoms with van der Waals surface area (Å²) in [6.07, 6.45) is 4.81. The third kappa shape index (κ3) is 2.71. The van der Waals surface area contributed by atoms with Crippen LogP contribution in [0.15, 0.2) is 42.9 Å². The van der Waals surface area contributed by atoms with E-state index in [1.54, 1.807) is 18.6 Å². The second-order valence-electron chi connectivity index (χ2n) is 4.14. The van der Waals surface area contributed by atoms with Crippen molar-refractivity contribution in [2.24, 2.45) is 0 Å². The molecule has 0 spiro atoms. The molecule has 1 aromatic carbocycles. The van der Waals surface area contributed by atoms with Gasteiger partial charge >= 0.3 is 5.97 Å². The van der Waals surface area contributed by atoms with Gasteiger partial charge in [-0.05, 0) is 18.1 Å². The molecule has 0 aliphatic carbocycles. The molecule has 1 unspecified atom stereocenters. The molecule has 4 heteroatoms. The van der Waals surface area contributed by atoms with Crippen molar-refractivity contribution in [3.8, 4) is 0 Å². The maximum Gasteiger partial charge on any atom is 0.304 e. The van der Waals surface area contributed by atoms with Gasteiger partial charge in [-0.3, -0.25) is 14.8 Å². The Morgan fingerprint density at radius 1 is 1.33 bits per heavy atom. The smallest absolute Gasteiger partial charge is 0.304 e. The molecule has 0 bridgehead atoms. The summed E-state index contributed by atoms with van der Waals surface area (Å²) < 4.78 is 0. The Kier molecular flexibility index (Phi) is 3.67. The Morgan fingerprint density at radius 2 is 2.11 bits per heavy atom. The topological polar surface area (TPSA) is 63.1 Å². The fourth-order valence-electron chi connectivity index (χ4n) is 2.02. The van der Waals surface area contributed by atoms with E-state index in [0.717, 1.165) is 11.1 Å². The lowest BCUT2D eigenvalue weighted by molar-refractivity contribution is -0.137. The van der Waals surface area contributed by atoms with Crippen molar-refractivity contribution in [3.63, 3.8) is 0 Å². The van der Waals surface area contributed by atoms with Crippen LogP contribution >= 0.6 is 0 Å². The highest BCUT2D eigenvalue weighted by Crippen LogP contribution is 2.28. The van der Waals surface area contributed by atoms with Gasteiger partial charge in [-0.25, -0.2) is 0 Å². The predicted molar refractivity (Wildman–Crippen MR) is 67.3 cm³/mol. The number of nitrogens with zero attached hydrogens (tertiary/aromatic N) is 2. The van der Waals surface area contributed by atoms with Crippen LogP contribution in [0.25, 0.3) is 0 Å². The van der Waals surface area contributed by atoms with Crippen LogP contribution in [0.1, 0.15) is 29.2 Å². The van der Waals surface area contributed by atoms with Crippen molar-refractivity contribution in [3.05, 3.63) is 59.7 Å². The molecular weight excluding hydrogens is 228 g/mol. The molecule has 0 fully saturated rings. The molecule has 1 heterocycles. The molecule has 0 aliphatic heterocycles. The van der Waals surface area contributed by atoms with Crippen LogP contribution < -0.4 is 0 Å². The number of aromatic nitrogens is 2. The molecule has 2 rings (SSSR count). The van der Waals surface area contributed by atoms with Crippen LogP contribution in [0.4, 0.5) is 0 Å². The standard InChI is InChI=1S/C14H14N2O2/c1-10-4-2-3-5-11(10)12(8-14(17)18)13-9-15-6-7-16-13/h2-7,9,12H,8H2,1H3,(H,17,18). The number of rotatable bonds is 4. The SMILES string of the molecule is Cc1ccccc1C(CC(=O)O)c1cnccn1. The van der Waals surface area contributed by atoms with Crippen molar-refractivity contribution in [2.75, 3.05) is 0 Å². The van der Waals surface area contributed by atoms with E-state index in [1.807, 2.05) is 31.2 Å². The first-order chi connectivity index (χ1) is 8.68. The molecule has 4 nitrogen and oxygen atoms in total. The van der Waals surface area contributed by atoms with E-state index in [1.165, 1.54) is 0 Å². The van der Waals surface area contributed by atoms with E-state index < -0.39 is 5.97 Å². The second kappa shape index (κ2) is 5.40. The number of hydrogen-bond donors (Lipinski definition) is 1. The normalized spacial score (nSPS) is 12.1. The number of hydrogen-bond acceptors (Lipinski definition) is 3. The molecule has 0 saturated heterocycles. The highest BCUT2D eigenvalue weighted by molar-refractivity contribution is 5.69.